The summed E-state index contributed by atoms with van der Waals surface area (Å²) in [5.74, 6) is 0.00938. The standard InChI is InChI=1S/C13H25N3O.2ClH/c1-8-6-11(7-16(8)12-4-5-12)15-13(17)9(2)10(3)14;;/h8-12H,4-7,14H2,1-3H3,(H,15,17);2*1H. The Hall–Kier alpha value is -0.0300. The third kappa shape index (κ3) is 4.78. The molecule has 1 saturated carbocycles. The maximum Gasteiger partial charge on any atom is 0.224 e. The summed E-state index contributed by atoms with van der Waals surface area (Å²) >= 11 is 0. The predicted molar refractivity (Wildman–Crippen MR) is 83.0 cm³/mol. The number of halogens is 2. The highest BCUT2D eigenvalue weighted by molar-refractivity contribution is 5.85. The minimum absolute atomic E-state index is 0. The highest BCUT2D eigenvalue weighted by atomic mass is 35.5. The van der Waals surface area contributed by atoms with Crippen molar-refractivity contribution < 1.29 is 4.79 Å². The van der Waals surface area contributed by atoms with Crippen molar-refractivity contribution in [1.29, 1.82) is 0 Å². The second-order valence-electron chi connectivity index (χ2n) is 5.87. The summed E-state index contributed by atoms with van der Waals surface area (Å²) in [4.78, 5) is 14.5. The number of amides is 1. The van der Waals surface area contributed by atoms with Crippen LogP contribution >= 0.6 is 24.8 Å². The van der Waals surface area contributed by atoms with Crippen molar-refractivity contribution in [1.82, 2.24) is 10.2 Å². The third-order valence-electron chi connectivity index (χ3n) is 4.19. The summed E-state index contributed by atoms with van der Waals surface area (Å²) in [5, 5.41) is 3.14. The lowest BCUT2D eigenvalue weighted by atomic mass is 10.0. The molecule has 114 valence electrons. The maximum absolute atomic E-state index is 11.9. The highest BCUT2D eigenvalue weighted by Crippen LogP contribution is 2.33. The van der Waals surface area contributed by atoms with Crippen LogP contribution in [0.4, 0.5) is 0 Å². The number of nitrogens with two attached hydrogens (primary N) is 1. The Bertz CT molecular complexity index is 298. The normalized spacial score (nSPS) is 29.9. The van der Waals surface area contributed by atoms with E-state index in [0.717, 1.165) is 19.0 Å². The largest absolute Gasteiger partial charge is 0.352 e. The number of hydrogen-bond acceptors (Lipinski definition) is 3. The van der Waals surface area contributed by atoms with Gasteiger partial charge in [-0.1, -0.05) is 6.92 Å². The van der Waals surface area contributed by atoms with Crippen LogP contribution in [0.1, 0.15) is 40.0 Å². The fourth-order valence-corrected chi connectivity index (χ4v) is 2.65. The van der Waals surface area contributed by atoms with Gasteiger partial charge in [0, 0.05) is 36.6 Å². The third-order valence-corrected chi connectivity index (χ3v) is 4.19. The van der Waals surface area contributed by atoms with Crippen LogP contribution < -0.4 is 11.1 Å². The molecule has 2 rings (SSSR count). The van der Waals surface area contributed by atoms with Gasteiger partial charge in [-0.3, -0.25) is 9.69 Å². The molecule has 4 atom stereocenters. The first-order valence-corrected chi connectivity index (χ1v) is 6.80. The lowest BCUT2D eigenvalue weighted by molar-refractivity contribution is -0.125. The van der Waals surface area contributed by atoms with E-state index in [1.54, 1.807) is 0 Å². The van der Waals surface area contributed by atoms with Crippen molar-refractivity contribution in [2.75, 3.05) is 6.54 Å². The van der Waals surface area contributed by atoms with Crippen LogP contribution in [0.15, 0.2) is 0 Å². The van der Waals surface area contributed by atoms with E-state index in [9.17, 15) is 4.79 Å². The molecule has 0 aromatic carbocycles. The summed E-state index contributed by atoms with van der Waals surface area (Å²) in [6, 6.07) is 1.64. The molecular weight excluding hydrogens is 285 g/mol. The maximum atomic E-state index is 11.9. The van der Waals surface area contributed by atoms with Gasteiger partial charge in [0.05, 0.1) is 0 Å². The molecule has 2 fully saturated rings. The van der Waals surface area contributed by atoms with Gasteiger partial charge in [0.1, 0.15) is 0 Å². The van der Waals surface area contributed by atoms with Crippen molar-refractivity contribution in [3.05, 3.63) is 0 Å². The van der Waals surface area contributed by atoms with Crippen molar-refractivity contribution in [2.24, 2.45) is 11.7 Å². The molecule has 4 unspecified atom stereocenters. The highest BCUT2D eigenvalue weighted by Gasteiger charge is 2.39. The van der Waals surface area contributed by atoms with Crippen molar-refractivity contribution in [3.63, 3.8) is 0 Å². The van der Waals surface area contributed by atoms with E-state index in [1.807, 2.05) is 13.8 Å². The van der Waals surface area contributed by atoms with Crippen LogP contribution in [-0.2, 0) is 4.79 Å². The van der Waals surface area contributed by atoms with Gasteiger partial charge in [0.15, 0.2) is 0 Å². The molecule has 2 aliphatic rings. The number of nitrogens with zero attached hydrogens (tertiary/aromatic N) is 1. The number of nitrogens with one attached hydrogen (secondary N) is 1. The topological polar surface area (TPSA) is 58.4 Å². The van der Waals surface area contributed by atoms with E-state index in [4.69, 9.17) is 5.73 Å². The smallest absolute Gasteiger partial charge is 0.224 e. The van der Waals surface area contributed by atoms with Gasteiger partial charge in [0.25, 0.3) is 0 Å². The molecule has 1 aliphatic carbocycles. The number of carbonyl (C=O) groups excluding carboxylic acids is 1. The minimum atomic E-state index is -0.0970. The van der Waals surface area contributed by atoms with E-state index >= 15 is 0 Å². The minimum Gasteiger partial charge on any atom is -0.352 e. The number of hydrogen-bond donors (Lipinski definition) is 2. The van der Waals surface area contributed by atoms with Crippen molar-refractivity contribution >= 4 is 30.7 Å². The Balaban J connectivity index is 0.00000162. The summed E-state index contributed by atoms with van der Waals surface area (Å²) in [5.41, 5.74) is 5.75. The van der Waals surface area contributed by atoms with Crippen LogP contribution in [0.5, 0.6) is 0 Å². The van der Waals surface area contributed by atoms with Gasteiger partial charge < -0.3 is 11.1 Å². The Kier molecular flexibility index (Phi) is 7.66. The quantitative estimate of drug-likeness (QED) is 0.828. The first-order chi connectivity index (χ1) is 7.99. The molecule has 0 spiro atoms. The first kappa shape index (κ1) is 19.0. The number of likely N-dealkylation sites (tertiary alicyclic amines) is 1. The fraction of sp³-hybridized carbons (Fsp3) is 0.923. The van der Waals surface area contributed by atoms with Crippen LogP contribution in [-0.4, -0.2) is 41.5 Å². The van der Waals surface area contributed by atoms with E-state index in [1.165, 1.54) is 12.8 Å². The summed E-state index contributed by atoms with van der Waals surface area (Å²) in [6.07, 6.45) is 3.75. The van der Waals surface area contributed by atoms with Gasteiger partial charge in [-0.15, -0.1) is 24.8 Å². The van der Waals surface area contributed by atoms with Crippen molar-refractivity contribution in [3.8, 4) is 0 Å². The Morgan fingerprint density at radius 3 is 2.37 bits per heavy atom. The zero-order valence-electron chi connectivity index (χ0n) is 12.0. The molecule has 1 saturated heterocycles. The van der Waals surface area contributed by atoms with Crippen LogP contribution in [0, 0.1) is 5.92 Å². The lowest BCUT2D eigenvalue weighted by Crippen LogP contribution is -2.44. The molecule has 1 aliphatic heterocycles. The summed E-state index contributed by atoms with van der Waals surface area (Å²) < 4.78 is 0. The van der Waals surface area contributed by atoms with E-state index < -0.39 is 0 Å². The van der Waals surface area contributed by atoms with Gasteiger partial charge in [-0.25, -0.2) is 0 Å². The average Bonchev–Trinajstić information content (AvgIpc) is 3.03. The average molecular weight is 312 g/mol. The Labute approximate surface area is 128 Å². The summed E-state index contributed by atoms with van der Waals surface area (Å²) in [6.45, 7) is 7.07. The molecular formula is C13H27Cl2N3O. The Morgan fingerprint density at radius 1 is 1.32 bits per heavy atom. The molecule has 0 bridgehead atoms. The lowest BCUT2D eigenvalue weighted by Gasteiger charge is -2.20. The SMILES string of the molecule is CC(N)C(C)C(=O)NC1CC(C)N(C2CC2)C1.Cl.Cl. The second kappa shape index (κ2) is 7.67. The van der Waals surface area contributed by atoms with Gasteiger partial charge in [0.2, 0.25) is 5.91 Å². The van der Waals surface area contributed by atoms with Crippen LogP contribution in [0.3, 0.4) is 0 Å². The monoisotopic (exact) mass is 311 g/mol. The number of carbonyl (C=O) groups is 1. The zero-order valence-corrected chi connectivity index (χ0v) is 13.6. The van der Waals surface area contributed by atoms with Gasteiger partial charge in [-0.2, -0.15) is 0 Å². The molecule has 19 heavy (non-hydrogen) atoms. The van der Waals surface area contributed by atoms with E-state index in [-0.39, 0.29) is 42.7 Å². The van der Waals surface area contributed by atoms with Gasteiger partial charge >= 0.3 is 0 Å². The summed E-state index contributed by atoms with van der Waals surface area (Å²) in [7, 11) is 0. The fourth-order valence-electron chi connectivity index (χ4n) is 2.65. The second-order valence-corrected chi connectivity index (χ2v) is 5.87. The predicted octanol–water partition coefficient (Wildman–Crippen LogP) is 1.55. The molecule has 3 N–H and O–H groups in total. The molecule has 1 heterocycles. The van der Waals surface area contributed by atoms with Crippen molar-refractivity contribution in [2.45, 2.75) is 64.2 Å². The molecule has 0 aromatic heterocycles. The first-order valence-electron chi connectivity index (χ1n) is 6.80. The molecule has 0 radical (unpaired) electrons. The molecule has 0 aromatic rings. The van der Waals surface area contributed by atoms with E-state index in [2.05, 4.69) is 17.1 Å². The van der Waals surface area contributed by atoms with E-state index in [0.29, 0.717) is 12.1 Å². The number of rotatable bonds is 4. The van der Waals surface area contributed by atoms with Crippen LogP contribution in [0.2, 0.25) is 0 Å². The molecule has 4 nitrogen and oxygen atoms in total. The van der Waals surface area contributed by atoms with Gasteiger partial charge in [-0.05, 0) is 33.1 Å². The van der Waals surface area contributed by atoms with Crippen LogP contribution in [0.25, 0.3) is 0 Å². The zero-order chi connectivity index (χ0) is 12.6. The Morgan fingerprint density at radius 2 is 1.89 bits per heavy atom. The molecule has 1 amide bonds. The molecule has 6 heteroatoms.